The summed E-state index contributed by atoms with van der Waals surface area (Å²) < 4.78 is 0. The van der Waals surface area contributed by atoms with Gasteiger partial charge in [-0.3, -0.25) is 14.6 Å². The van der Waals surface area contributed by atoms with E-state index in [-0.39, 0.29) is 5.91 Å². The van der Waals surface area contributed by atoms with Crippen molar-refractivity contribution in [1.29, 1.82) is 0 Å². The minimum Gasteiger partial charge on any atom is -0.481 e. The van der Waals surface area contributed by atoms with Crippen LogP contribution in [0.2, 0.25) is 0 Å². The molecule has 0 bridgehead atoms. The van der Waals surface area contributed by atoms with Crippen LogP contribution in [0.1, 0.15) is 19.5 Å². The minimum atomic E-state index is -0.915. The number of carbonyl (C=O) groups is 2. The molecule has 2 rings (SSSR count). The van der Waals surface area contributed by atoms with Crippen LogP contribution in [0.4, 0.5) is 5.69 Å². The van der Waals surface area contributed by atoms with Crippen molar-refractivity contribution in [2.45, 2.75) is 20.8 Å². The number of aryl methyl sites for hydroxylation is 1. The molecule has 5 heteroatoms. The lowest BCUT2D eigenvalue weighted by Gasteiger charge is -2.05. The lowest BCUT2D eigenvalue weighted by atomic mass is 10.1. The Morgan fingerprint density at radius 3 is 2.44 bits per heavy atom. The average molecular weight is 248 g/mol. The first-order valence-corrected chi connectivity index (χ1v) is 5.80. The first-order chi connectivity index (χ1) is 8.34. The molecule has 1 aliphatic rings. The highest BCUT2D eigenvalue weighted by atomic mass is 16.4. The topological polar surface area (TPSA) is 79.3 Å². The van der Waals surface area contributed by atoms with Crippen molar-refractivity contribution in [3.63, 3.8) is 0 Å². The van der Waals surface area contributed by atoms with Crippen LogP contribution in [0.3, 0.4) is 0 Å². The molecule has 1 saturated carbocycles. The molecular weight excluding hydrogens is 232 g/mol. The zero-order chi connectivity index (χ0) is 13.5. The van der Waals surface area contributed by atoms with Gasteiger partial charge in [0.15, 0.2) is 0 Å². The fourth-order valence-corrected chi connectivity index (χ4v) is 2.35. The molecule has 0 aromatic carbocycles. The molecule has 1 fully saturated rings. The second kappa shape index (κ2) is 4.08. The number of pyridine rings is 1. The minimum absolute atomic E-state index is 0.252. The highest BCUT2D eigenvalue weighted by Crippen LogP contribution is 2.58. The number of aromatic nitrogens is 1. The number of rotatable bonds is 3. The van der Waals surface area contributed by atoms with Gasteiger partial charge in [0, 0.05) is 5.69 Å². The number of nitrogens with one attached hydrogen (secondary N) is 1. The monoisotopic (exact) mass is 248 g/mol. The molecule has 1 amide bonds. The number of anilines is 1. The van der Waals surface area contributed by atoms with Crippen LogP contribution in [0, 0.1) is 24.2 Å². The first kappa shape index (κ1) is 12.5. The Bertz CT molecular complexity index is 493. The van der Waals surface area contributed by atoms with Crippen molar-refractivity contribution >= 4 is 17.6 Å². The molecule has 2 atom stereocenters. The third-order valence-electron chi connectivity index (χ3n) is 3.55. The van der Waals surface area contributed by atoms with Crippen LogP contribution in [-0.2, 0) is 9.59 Å². The maximum atomic E-state index is 12.0. The van der Waals surface area contributed by atoms with Crippen molar-refractivity contribution in [3.8, 4) is 0 Å². The molecule has 96 valence electrons. The van der Waals surface area contributed by atoms with E-state index in [1.54, 1.807) is 32.2 Å². The summed E-state index contributed by atoms with van der Waals surface area (Å²) in [4.78, 5) is 27.1. The quantitative estimate of drug-likeness (QED) is 0.853. The Balaban J connectivity index is 2.06. The maximum Gasteiger partial charge on any atom is 0.307 e. The Kier molecular flexibility index (Phi) is 2.84. The van der Waals surface area contributed by atoms with Crippen molar-refractivity contribution < 1.29 is 14.7 Å². The van der Waals surface area contributed by atoms with E-state index in [0.29, 0.717) is 5.69 Å². The van der Waals surface area contributed by atoms with E-state index in [2.05, 4.69) is 10.3 Å². The van der Waals surface area contributed by atoms with Gasteiger partial charge in [-0.2, -0.15) is 0 Å². The predicted molar refractivity (Wildman–Crippen MR) is 66.0 cm³/mol. The molecule has 1 heterocycles. The van der Waals surface area contributed by atoms with Crippen LogP contribution in [0.25, 0.3) is 0 Å². The van der Waals surface area contributed by atoms with Crippen LogP contribution in [0.15, 0.2) is 18.3 Å². The third kappa shape index (κ3) is 2.08. The second-order valence-corrected chi connectivity index (χ2v) is 5.29. The van der Waals surface area contributed by atoms with E-state index in [9.17, 15) is 9.59 Å². The fourth-order valence-electron chi connectivity index (χ4n) is 2.35. The Morgan fingerprint density at radius 1 is 1.33 bits per heavy atom. The summed E-state index contributed by atoms with van der Waals surface area (Å²) in [5.74, 6) is -2.24. The molecule has 1 aromatic rings. The van der Waals surface area contributed by atoms with Gasteiger partial charge in [-0.05, 0) is 24.5 Å². The number of nitrogens with zero attached hydrogens (tertiary/aromatic N) is 1. The van der Waals surface area contributed by atoms with Crippen LogP contribution in [0.5, 0.6) is 0 Å². The lowest BCUT2D eigenvalue weighted by Crippen LogP contribution is -2.17. The van der Waals surface area contributed by atoms with E-state index in [1.807, 2.05) is 6.92 Å². The van der Waals surface area contributed by atoms with Gasteiger partial charge in [0.05, 0.1) is 23.7 Å². The molecule has 0 unspecified atom stereocenters. The third-order valence-corrected chi connectivity index (χ3v) is 3.55. The number of carboxylic acids is 1. The van der Waals surface area contributed by atoms with Gasteiger partial charge in [0.1, 0.15) is 0 Å². The van der Waals surface area contributed by atoms with Crippen molar-refractivity contribution in [2.24, 2.45) is 17.3 Å². The number of hydrogen-bond donors (Lipinski definition) is 2. The normalized spacial score (nSPS) is 24.4. The smallest absolute Gasteiger partial charge is 0.307 e. The molecule has 1 aromatic heterocycles. The number of hydrogen-bond acceptors (Lipinski definition) is 3. The highest BCUT2D eigenvalue weighted by Gasteiger charge is 2.65. The van der Waals surface area contributed by atoms with Crippen LogP contribution in [-0.4, -0.2) is 22.0 Å². The average Bonchev–Trinajstić information content (AvgIpc) is 2.85. The maximum absolute atomic E-state index is 12.0. The summed E-state index contributed by atoms with van der Waals surface area (Å²) >= 11 is 0. The molecule has 0 spiro atoms. The van der Waals surface area contributed by atoms with E-state index >= 15 is 0 Å². The summed E-state index contributed by atoms with van der Waals surface area (Å²) in [6.45, 7) is 5.45. The van der Waals surface area contributed by atoms with E-state index in [1.165, 1.54) is 0 Å². The molecule has 5 nitrogen and oxygen atoms in total. The van der Waals surface area contributed by atoms with E-state index in [4.69, 9.17) is 5.11 Å². The summed E-state index contributed by atoms with van der Waals surface area (Å²) in [6, 6.07) is 3.55. The van der Waals surface area contributed by atoms with Crippen molar-refractivity contribution in [1.82, 2.24) is 4.98 Å². The molecule has 1 aliphatic carbocycles. The predicted octanol–water partition coefficient (Wildman–Crippen LogP) is 1.69. The van der Waals surface area contributed by atoms with Gasteiger partial charge in [0.25, 0.3) is 0 Å². The molecule has 0 aliphatic heterocycles. The summed E-state index contributed by atoms with van der Waals surface area (Å²) in [6.07, 6.45) is 1.57. The van der Waals surface area contributed by atoms with Crippen molar-refractivity contribution in [3.05, 3.63) is 24.0 Å². The van der Waals surface area contributed by atoms with Gasteiger partial charge >= 0.3 is 5.97 Å². The Hall–Kier alpha value is -1.91. The number of aliphatic carboxylic acids is 1. The Labute approximate surface area is 105 Å². The van der Waals surface area contributed by atoms with Crippen molar-refractivity contribution in [2.75, 3.05) is 5.32 Å². The standard InChI is InChI=1S/C13H16N2O3/c1-7-4-5-8(6-14-7)15-11(16)9-10(12(17)18)13(9,2)3/h4-6,9-10H,1-3H3,(H,15,16)(H,17,18)/t9-,10+/m0/s1. The summed E-state index contributed by atoms with van der Waals surface area (Å²) in [5, 5.41) is 11.7. The molecule has 0 radical (unpaired) electrons. The van der Waals surface area contributed by atoms with Gasteiger partial charge < -0.3 is 10.4 Å². The SMILES string of the molecule is Cc1ccc(NC(=O)[C@@H]2[C@H](C(=O)O)C2(C)C)cn1. The zero-order valence-electron chi connectivity index (χ0n) is 10.6. The number of carboxylic acid groups (broad SMARTS) is 1. The number of carbonyl (C=O) groups excluding carboxylic acids is 1. The second-order valence-electron chi connectivity index (χ2n) is 5.29. The molecule has 0 saturated heterocycles. The van der Waals surface area contributed by atoms with Crippen LogP contribution >= 0.6 is 0 Å². The number of amides is 1. The zero-order valence-corrected chi connectivity index (χ0v) is 10.6. The molecule has 2 N–H and O–H groups in total. The highest BCUT2D eigenvalue weighted by molar-refractivity contribution is 5.99. The summed E-state index contributed by atoms with van der Waals surface area (Å²) in [7, 11) is 0. The lowest BCUT2D eigenvalue weighted by molar-refractivity contribution is -0.140. The first-order valence-electron chi connectivity index (χ1n) is 5.80. The van der Waals surface area contributed by atoms with Gasteiger partial charge in [-0.1, -0.05) is 13.8 Å². The Morgan fingerprint density at radius 2 is 2.00 bits per heavy atom. The van der Waals surface area contributed by atoms with Crippen LogP contribution < -0.4 is 5.32 Å². The van der Waals surface area contributed by atoms with E-state index in [0.717, 1.165) is 5.69 Å². The van der Waals surface area contributed by atoms with E-state index < -0.39 is 23.2 Å². The van der Waals surface area contributed by atoms with Gasteiger partial charge in [-0.15, -0.1) is 0 Å². The molecule has 18 heavy (non-hydrogen) atoms. The van der Waals surface area contributed by atoms with Gasteiger partial charge in [-0.25, -0.2) is 0 Å². The fraction of sp³-hybridized carbons (Fsp3) is 0.462. The van der Waals surface area contributed by atoms with Gasteiger partial charge in [0.2, 0.25) is 5.91 Å². The summed E-state index contributed by atoms with van der Waals surface area (Å²) in [5.41, 5.74) is 0.981. The largest absolute Gasteiger partial charge is 0.481 e. The molecular formula is C13H16N2O3.